The first-order valence-electron chi connectivity index (χ1n) is 6.43. The minimum atomic E-state index is 0.971. The molecule has 0 spiro atoms. The van der Waals surface area contributed by atoms with Gasteiger partial charge in [-0.2, -0.15) is 0 Å². The van der Waals surface area contributed by atoms with Crippen LogP contribution in [0.3, 0.4) is 0 Å². The summed E-state index contributed by atoms with van der Waals surface area (Å²) in [6.45, 7) is 11.9. The summed E-state index contributed by atoms with van der Waals surface area (Å²) in [6, 6.07) is 12.9. The third kappa shape index (κ3) is 1.86. The molecule has 0 fully saturated rings. The van der Waals surface area contributed by atoms with Gasteiger partial charge in [0.25, 0.3) is 0 Å². The molecule has 0 bridgehead atoms. The van der Waals surface area contributed by atoms with Gasteiger partial charge in [0.2, 0.25) is 0 Å². The van der Waals surface area contributed by atoms with E-state index in [0.717, 1.165) is 23.1 Å². The number of rotatable bonds is 2. The summed E-state index contributed by atoms with van der Waals surface area (Å²) >= 11 is 0. The molecule has 2 aromatic carbocycles. The van der Waals surface area contributed by atoms with Gasteiger partial charge in [-0.25, -0.2) is 0 Å². The average Bonchev–Trinajstić information content (AvgIpc) is 2.47. The molecule has 0 unspecified atom stereocenters. The zero-order valence-electron chi connectivity index (χ0n) is 10.9. The van der Waals surface area contributed by atoms with Crippen molar-refractivity contribution >= 4 is 17.7 Å². The quantitative estimate of drug-likeness (QED) is 0.599. The van der Waals surface area contributed by atoms with Gasteiger partial charge in [-0.05, 0) is 57.5 Å². The Morgan fingerprint density at radius 2 is 1.26 bits per heavy atom. The first-order valence-corrected chi connectivity index (χ1v) is 6.43. The summed E-state index contributed by atoms with van der Waals surface area (Å²) < 4.78 is 0. The Morgan fingerprint density at radius 1 is 0.789 bits per heavy atom. The van der Waals surface area contributed by atoms with Crippen LogP contribution in [-0.2, 0) is 6.42 Å². The Morgan fingerprint density at radius 3 is 1.68 bits per heavy atom. The summed E-state index contributed by atoms with van der Waals surface area (Å²) in [4.78, 5) is 0. The number of hydrogen-bond donors (Lipinski definition) is 0. The molecule has 0 aromatic heterocycles. The van der Waals surface area contributed by atoms with Gasteiger partial charge in [0.1, 0.15) is 0 Å². The van der Waals surface area contributed by atoms with Crippen molar-refractivity contribution in [2.75, 3.05) is 0 Å². The molecule has 92 valence electrons. The van der Waals surface area contributed by atoms with Gasteiger partial charge in [-0.15, -0.1) is 0 Å². The monoisotopic (exact) mass is 244 g/mol. The zero-order chi connectivity index (χ0) is 13.4. The standard InChI is InChI=1S/C19H16/c1-4-14-6-8-16-12-17-9-7-15(5-2)11-19(17)13(3)18(16)10-14/h4-11H,1-3,12H2. The van der Waals surface area contributed by atoms with Crippen LogP contribution in [-0.4, -0.2) is 0 Å². The molecule has 0 amide bonds. The van der Waals surface area contributed by atoms with E-state index in [-0.39, 0.29) is 0 Å². The molecule has 0 N–H and O–H groups in total. The maximum atomic E-state index is 4.28. The highest BCUT2D eigenvalue weighted by molar-refractivity contribution is 5.86. The molecule has 3 rings (SSSR count). The lowest BCUT2D eigenvalue weighted by molar-refractivity contribution is 1.14. The van der Waals surface area contributed by atoms with Gasteiger partial charge in [0.05, 0.1) is 0 Å². The smallest absolute Gasteiger partial charge is 0.00134 e. The SMILES string of the molecule is C=Cc1ccc2c(c1)C(=C)c1cc(C=C)ccc1C2. The van der Waals surface area contributed by atoms with Crippen molar-refractivity contribution in [3.63, 3.8) is 0 Å². The molecule has 19 heavy (non-hydrogen) atoms. The molecule has 0 heterocycles. The summed E-state index contributed by atoms with van der Waals surface area (Å²) in [5.41, 5.74) is 8.55. The summed E-state index contributed by atoms with van der Waals surface area (Å²) in [6.07, 6.45) is 4.73. The number of hydrogen-bond acceptors (Lipinski definition) is 0. The third-order valence-corrected chi connectivity index (χ3v) is 3.77. The number of fused-ring (bicyclic) bond motifs is 2. The Balaban J connectivity index is 2.17. The molecular formula is C19H16. The fourth-order valence-corrected chi connectivity index (χ4v) is 2.66. The Bertz CT molecular complexity index is 642. The topological polar surface area (TPSA) is 0 Å². The van der Waals surface area contributed by atoms with Crippen molar-refractivity contribution in [3.8, 4) is 0 Å². The van der Waals surface area contributed by atoms with E-state index < -0.39 is 0 Å². The zero-order valence-corrected chi connectivity index (χ0v) is 10.9. The summed E-state index contributed by atoms with van der Waals surface area (Å²) in [7, 11) is 0. The van der Waals surface area contributed by atoms with E-state index >= 15 is 0 Å². The van der Waals surface area contributed by atoms with Gasteiger partial charge in [-0.1, -0.05) is 56.2 Å². The molecule has 0 saturated heterocycles. The van der Waals surface area contributed by atoms with Crippen LogP contribution in [0.1, 0.15) is 33.4 Å². The van der Waals surface area contributed by atoms with Crippen LogP contribution in [0.2, 0.25) is 0 Å². The average molecular weight is 244 g/mol. The van der Waals surface area contributed by atoms with E-state index in [4.69, 9.17) is 0 Å². The number of benzene rings is 2. The molecule has 0 atom stereocenters. The highest BCUT2D eigenvalue weighted by Gasteiger charge is 2.18. The lowest BCUT2D eigenvalue weighted by Crippen LogP contribution is -2.06. The van der Waals surface area contributed by atoms with Gasteiger partial charge in [-0.3, -0.25) is 0 Å². The minimum Gasteiger partial charge on any atom is -0.0985 e. The van der Waals surface area contributed by atoms with E-state index in [0.29, 0.717) is 0 Å². The van der Waals surface area contributed by atoms with Gasteiger partial charge in [0.15, 0.2) is 0 Å². The van der Waals surface area contributed by atoms with Crippen LogP contribution in [0.4, 0.5) is 0 Å². The largest absolute Gasteiger partial charge is 0.0985 e. The van der Waals surface area contributed by atoms with Gasteiger partial charge >= 0.3 is 0 Å². The minimum absolute atomic E-state index is 0.971. The second-order valence-electron chi connectivity index (χ2n) is 4.90. The molecule has 0 nitrogen and oxygen atoms in total. The van der Waals surface area contributed by atoms with Crippen molar-refractivity contribution in [2.45, 2.75) is 6.42 Å². The second kappa shape index (κ2) is 4.40. The van der Waals surface area contributed by atoms with Crippen molar-refractivity contribution in [2.24, 2.45) is 0 Å². The molecule has 1 aliphatic rings. The van der Waals surface area contributed by atoms with E-state index in [9.17, 15) is 0 Å². The van der Waals surface area contributed by atoms with Gasteiger partial charge in [0, 0.05) is 0 Å². The van der Waals surface area contributed by atoms with Crippen LogP contribution in [0, 0.1) is 0 Å². The van der Waals surface area contributed by atoms with Crippen molar-refractivity contribution in [1.29, 1.82) is 0 Å². The first kappa shape index (κ1) is 11.7. The normalized spacial score (nSPS) is 12.5. The van der Waals surface area contributed by atoms with E-state index in [1.165, 1.54) is 22.3 Å². The molecule has 0 saturated carbocycles. The van der Waals surface area contributed by atoms with E-state index in [2.05, 4.69) is 56.1 Å². The third-order valence-electron chi connectivity index (χ3n) is 3.77. The predicted molar refractivity (Wildman–Crippen MR) is 84.0 cm³/mol. The van der Waals surface area contributed by atoms with Crippen molar-refractivity contribution in [1.82, 2.24) is 0 Å². The second-order valence-corrected chi connectivity index (χ2v) is 4.90. The van der Waals surface area contributed by atoms with Crippen LogP contribution < -0.4 is 0 Å². The van der Waals surface area contributed by atoms with Gasteiger partial charge < -0.3 is 0 Å². The van der Waals surface area contributed by atoms with Crippen LogP contribution in [0.5, 0.6) is 0 Å². The summed E-state index contributed by atoms with van der Waals surface area (Å²) in [5.74, 6) is 0. The molecular weight excluding hydrogens is 228 g/mol. The Hall–Kier alpha value is -2.34. The van der Waals surface area contributed by atoms with Crippen LogP contribution >= 0.6 is 0 Å². The molecule has 0 radical (unpaired) electrons. The molecule has 0 heteroatoms. The first-order chi connectivity index (χ1) is 9.22. The lowest BCUT2D eigenvalue weighted by atomic mass is 9.81. The predicted octanol–water partition coefficient (Wildman–Crippen LogP) is 4.94. The highest BCUT2D eigenvalue weighted by atomic mass is 14.2. The maximum absolute atomic E-state index is 4.28. The molecule has 2 aromatic rings. The van der Waals surface area contributed by atoms with Crippen LogP contribution in [0.15, 0.2) is 56.1 Å². The lowest BCUT2D eigenvalue weighted by Gasteiger charge is -2.22. The molecule has 1 aliphatic carbocycles. The fourth-order valence-electron chi connectivity index (χ4n) is 2.66. The van der Waals surface area contributed by atoms with Crippen molar-refractivity contribution < 1.29 is 0 Å². The van der Waals surface area contributed by atoms with E-state index in [1.807, 2.05) is 12.2 Å². The maximum Gasteiger partial charge on any atom is -0.00134 e. The Labute approximate surface area is 114 Å². The van der Waals surface area contributed by atoms with Crippen LogP contribution in [0.25, 0.3) is 17.7 Å². The van der Waals surface area contributed by atoms with E-state index in [1.54, 1.807) is 0 Å². The van der Waals surface area contributed by atoms with Crippen molar-refractivity contribution in [3.05, 3.63) is 89.5 Å². The fraction of sp³-hybridized carbons (Fsp3) is 0.0526. The highest BCUT2D eigenvalue weighted by Crippen LogP contribution is 2.36. The Kier molecular flexibility index (Phi) is 2.72. The molecule has 0 aliphatic heterocycles. The summed E-state index contributed by atoms with van der Waals surface area (Å²) in [5, 5.41) is 0.